The molecule has 0 spiro atoms. The summed E-state index contributed by atoms with van der Waals surface area (Å²) in [5, 5.41) is 0. The fraction of sp³-hybridized carbons (Fsp3) is 0.727. The lowest BCUT2D eigenvalue weighted by Gasteiger charge is -2.18. The van der Waals surface area contributed by atoms with Crippen LogP contribution in [-0.4, -0.2) is 37.2 Å². The van der Waals surface area contributed by atoms with E-state index in [0.29, 0.717) is 19.3 Å². The standard InChI is InChI=1S/C55H94O6/c1-4-7-10-13-16-19-22-24-26-27-29-30-33-36-39-42-45-48-54(57)60-51-52(50-59-53(56)47-44-41-38-35-32-21-18-15-12-9-6-3)61-55(58)49-46-43-40-37-34-31-28-25-23-20-17-14-11-8-5-2/h8,11,14-20,23-24,26,52H,4-7,9-10,12-13,21-22,25,27-51H2,1-3H3/b11-8-,17-14-,18-15-,19-16-,23-20-,26-24-. The summed E-state index contributed by atoms with van der Waals surface area (Å²) in [5.41, 5.74) is 0. The molecule has 6 heteroatoms. The van der Waals surface area contributed by atoms with Crippen molar-refractivity contribution in [2.45, 2.75) is 245 Å². The molecule has 0 bridgehead atoms. The monoisotopic (exact) mass is 851 g/mol. The fourth-order valence-corrected chi connectivity index (χ4v) is 6.86. The minimum absolute atomic E-state index is 0.0875. The van der Waals surface area contributed by atoms with Crippen LogP contribution in [0.2, 0.25) is 0 Å². The van der Waals surface area contributed by atoms with E-state index in [1.165, 1.54) is 109 Å². The normalized spacial score (nSPS) is 12.6. The first-order chi connectivity index (χ1) is 30.0. The average molecular weight is 851 g/mol. The summed E-state index contributed by atoms with van der Waals surface area (Å²) < 4.78 is 16.8. The first kappa shape index (κ1) is 57.9. The van der Waals surface area contributed by atoms with Gasteiger partial charge in [0.15, 0.2) is 6.10 Å². The van der Waals surface area contributed by atoms with Crippen LogP contribution in [0.5, 0.6) is 0 Å². The lowest BCUT2D eigenvalue weighted by molar-refractivity contribution is -0.167. The summed E-state index contributed by atoms with van der Waals surface area (Å²) in [5.74, 6) is -0.917. The van der Waals surface area contributed by atoms with E-state index in [4.69, 9.17) is 14.2 Å². The second-order valence-corrected chi connectivity index (χ2v) is 16.7. The molecule has 0 rings (SSSR count). The summed E-state index contributed by atoms with van der Waals surface area (Å²) in [6, 6.07) is 0. The zero-order valence-electron chi connectivity index (χ0n) is 39.9. The van der Waals surface area contributed by atoms with Gasteiger partial charge < -0.3 is 14.2 Å². The number of ether oxygens (including phenoxy) is 3. The van der Waals surface area contributed by atoms with E-state index in [2.05, 4.69) is 93.7 Å². The molecule has 1 atom stereocenters. The molecule has 0 heterocycles. The van der Waals surface area contributed by atoms with Gasteiger partial charge in [-0.2, -0.15) is 0 Å². The van der Waals surface area contributed by atoms with Crippen LogP contribution in [0.25, 0.3) is 0 Å². The van der Waals surface area contributed by atoms with Gasteiger partial charge in [-0.15, -0.1) is 0 Å². The number of rotatable bonds is 45. The highest BCUT2D eigenvalue weighted by Gasteiger charge is 2.19. The Hall–Kier alpha value is -3.15. The van der Waals surface area contributed by atoms with Crippen LogP contribution < -0.4 is 0 Å². The third-order valence-corrected chi connectivity index (χ3v) is 10.7. The number of hydrogen-bond donors (Lipinski definition) is 0. The number of carbonyl (C=O) groups is 3. The highest BCUT2D eigenvalue weighted by atomic mass is 16.6. The van der Waals surface area contributed by atoms with Gasteiger partial charge in [0.2, 0.25) is 0 Å². The molecular weight excluding hydrogens is 757 g/mol. The Morgan fingerprint density at radius 2 is 0.721 bits per heavy atom. The van der Waals surface area contributed by atoms with Crippen molar-refractivity contribution in [3.63, 3.8) is 0 Å². The van der Waals surface area contributed by atoms with Crippen LogP contribution in [0.4, 0.5) is 0 Å². The van der Waals surface area contributed by atoms with Gasteiger partial charge in [0.05, 0.1) is 0 Å². The van der Waals surface area contributed by atoms with Crippen molar-refractivity contribution in [2.75, 3.05) is 13.2 Å². The molecule has 0 aliphatic heterocycles. The Balaban J connectivity index is 4.40. The van der Waals surface area contributed by atoms with Gasteiger partial charge in [0, 0.05) is 19.3 Å². The molecule has 350 valence electrons. The Labute approximate surface area is 376 Å². The lowest BCUT2D eigenvalue weighted by Crippen LogP contribution is -2.30. The first-order valence-corrected chi connectivity index (χ1v) is 25.5. The van der Waals surface area contributed by atoms with Crippen LogP contribution in [0.3, 0.4) is 0 Å². The number of allylic oxidation sites excluding steroid dienone is 12. The SMILES string of the molecule is CC\C=C/C=C\C=C/CCCCCCCCCC(=O)OC(COC(=O)CCCCCCC/C=C\CCCC)COC(=O)CCCCCCCCC/C=C\C/C=C\CCCCC. The largest absolute Gasteiger partial charge is 0.462 e. The number of hydrogen-bond acceptors (Lipinski definition) is 6. The van der Waals surface area contributed by atoms with Crippen molar-refractivity contribution in [2.24, 2.45) is 0 Å². The van der Waals surface area contributed by atoms with Gasteiger partial charge in [-0.05, 0) is 89.9 Å². The van der Waals surface area contributed by atoms with Gasteiger partial charge >= 0.3 is 17.9 Å². The van der Waals surface area contributed by atoms with E-state index < -0.39 is 6.10 Å². The third kappa shape index (κ3) is 47.7. The maximum atomic E-state index is 12.8. The Kier molecular flexibility index (Phi) is 46.9. The predicted octanol–water partition coefficient (Wildman–Crippen LogP) is 16.6. The van der Waals surface area contributed by atoms with Crippen molar-refractivity contribution in [3.8, 4) is 0 Å². The lowest BCUT2D eigenvalue weighted by atomic mass is 10.1. The molecule has 0 amide bonds. The van der Waals surface area contributed by atoms with Crippen LogP contribution in [0.15, 0.2) is 72.9 Å². The molecule has 61 heavy (non-hydrogen) atoms. The highest BCUT2D eigenvalue weighted by molar-refractivity contribution is 5.71. The zero-order chi connectivity index (χ0) is 44.4. The topological polar surface area (TPSA) is 78.9 Å². The Morgan fingerprint density at radius 1 is 0.361 bits per heavy atom. The summed E-state index contributed by atoms with van der Waals surface area (Å²) in [6.07, 6.45) is 61.6. The van der Waals surface area contributed by atoms with Gasteiger partial charge in [-0.3, -0.25) is 14.4 Å². The molecule has 0 aromatic rings. The molecule has 0 saturated heterocycles. The van der Waals surface area contributed by atoms with E-state index in [1.54, 1.807) is 0 Å². The van der Waals surface area contributed by atoms with Crippen molar-refractivity contribution < 1.29 is 28.6 Å². The molecule has 0 N–H and O–H groups in total. The minimum Gasteiger partial charge on any atom is -0.462 e. The van der Waals surface area contributed by atoms with Crippen LogP contribution >= 0.6 is 0 Å². The quantitative estimate of drug-likeness (QED) is 0.0200. The summed E-state index contributed by atoms with van der Waals surface area (Å²) in [6.45, 7) is 6.42. The smallest absolute Gasteiger partial charge is 0.306 e. The third-order valence-electron chi connectivity index (χ3n) is 10.7. The summed E-state index contributed by atoms with van der Waals surface area (Å²) in [4.78, 5) is 37.9. The molecule has 0 fully saturated rings. The maximum absolute atomic E-state index is 12.8. The van der Waals surface area contributed by atoms with Crippen LogP contribution in [0, 0.1) is 0 Å². The van der Waals surface area contributed by atoms with Crippen molar-refractivity contribution in [1.82, 2.24) is 0 Å². The second kappa shape index (κ2) is 49.5. The van der Waals surface area contributed by atoms with Crippen LogP contribution in [-0.2, 0) is 28.6 Å². The molecule has 0 radical (unpaired) electrons. The molecule has 1 unspecified atom stereocenters. The van der Waals surface area contributed by atoms with Crippen molar-refractivity contribution >= 4 is 17.9 Å². The maximum Gasteiger partial charge on any atom is 0.306 e. The molecule has 0 aromatic heterocycles. The van der Waals surface area contributed by atoms with Gasteiger partial charge in [-0.25, -0.2) is 0 Å². The van der Waals surface area contributed by atoms with Gasteiger partial charge in [-0.1, -0.05) is 203 Å². The summed E-state index contributed by atoms with van der Waals surface area (Å²) >= 11 is 0. The number of unbranched alkanes of at least 4 members (excludes halogenated alkanes) is 24. The molecule has 0 aliphatic carbocycles. The number of esters is 3. The molecule has 6 nitrogen and oxygen atoms in total. The second-order valence-electron chi connectivity index (χ2n) is 16.7. The van der Waals surface area contributed by atoms with Gasteiger partial charge in [0.25, 0.3) is 0 Å². The summed E-state index contributed by atoms with van der Waals surface area (Å²) in [7, 11) is 0. The highest BCUT2D eigenvalue weighted by Crippen LogP contribution is 2.14. The fourth-order valence-electron chi connectivity index (χ4n) is 6.86. The van der Waals surface area contributed by atoms with Crippen molar-refractivity contribution in [3.05, 3.63) is 72.9 Å². The zero-order valence-corrected chi connectivity index (χ0v) is 39.9. The van der Waals surface area contributed by atoms with E-state index in [1.807, 2.05) is 0 Å². The van der Waals surface area contributed by atoms with Gasteiger partial charge in [0.1, 0.15) is 13.2 Å². The minimum atomic E-state index is -0.787. The Morgan fingerprint density at radius 3 is 1.18 bits per heavy atom. The predicted molar refractivity (Wildman–Crippen MR) is 261 cm³/mol. The van der Waals surface area contributed by atoms with Crippen molar-refractivity contribution in [1.29, 1.82) is 0 Å². The molecule has 0 saturated carbocycles. The first-order valence-electron chi connectivity index (χ1n) is 25.5. The van der Waals surface area contributed by atoms with E-state index in [-0.39, 0.29) is 31.1 Å². The number of carbonyl (C=O) groups excluding carboxylic acids is 3. The Bertz CT molecular complexity index is 1160. The molecule has 0 aromatic carbocycles. The van der Waals surface area contributed by atoms with Crippen LogP contribution in [0.1, 0.15) is 239 Å². The average Bonchev–Trinajstić information content (AvgIpc) is 3.26. The van der Waals surface area contributed by atoms with E-state index >= 15 is 0 Å². The van der Waals surface area contributed by atoms with E-state index in [9.17, 15) is 14.4 Å². The molecular formula is C55H94O6. The van der Waals surface area contributed by atoms with E-state index in [0.717, 1.165) is 89.9 Å². The molecule has 0 aliphatic rings.